The molecule has 2 rings (SSSR count). The Bertz CT molecular complexity index is 589. The van der Waals surface area contributed by atoms with Gasteiger partial charge in [0.25, 0.3) is 0 Å². The van der Waals surface area contributed by atoms with E-state index >= 15 is 0 Å². The van der Waals surface area contributed by atoms with Crippen LogP contribution in [0.3, 0.4) is 0 Å². The number of nitrogens with zero attached hydrogens (tertiary/aromatic N) is 5. The SMILES string of the molecule is CCNCCn1nnnc1SCc1cccc(C#N)c1. The van der Waals surface area contributed by atoms with Crippen LogP contribution < -0.4 is 5.32 Å². The van der Waals surface area contributed by atoms with Gasteiger partial charge >= 0.3 is 0 Å². The van der Waals surface area contributed by atoms with Crippen LogP contribution in [0.4, 0.5) is 0 Å². The molecule has 0 aliphatic carbocycles. The van der Waals surface area contributed by atoms with Crippen molar-refractivity contribution in [2.75, 3.05) is 13.1 Å². The molecule has 2 aromatic rings. The first-order chi connectivity index (χ1) is 9.83. The third-order valence-electron chi connectivity index (χ3n) is 2.67. The van der Waals surface area contributed by atoms with E-state index in [0.717, 1.165) is 36.1 Å². The molecule has 0 fully saturated rings. The number of tetrazole rings is 1. The molecule has 6 nitrogen and oxygen atoms in total. The summed E-state index contributed by atoms with van der Waals surface area (Å²) in [6, 6.07) is 9.72. The van der Waals surface area contributed by atoms with Crippen molar-refractivity contribution in [2.24, 2.45) is 0 Å². The van der Waals surface area contributed by atoms with Gasteiger partial charge in [0, 0.05) is 12.3 Å². The average Bonchev–Trinajstić information content (AvgIpc) is 2.93. The largest absolute Gasteiger partial charge is 0.315 e. The molecule has 20 heavy (non-hydrogen) atoms. The van der Waals surface area contributed by atoms with Gasteiger partial charge in [0.1, 0.15) is 0 Å². The minimum Gasteiger partial charge on any atom is -0.315 e. The van der Waals surface area contributed by atoms with Crippen molar-refractivity contribution in [1.82, 2.24) is 25.5 Å². The predicted molar refractivity (Wildman–Crippen MR) is 77.1 cm³/mol. The van der Waals surface area contributed by atoms with Gasteiger partial charge in [-0.2, -0.15) is 5.26 Å². The zero-order valence-electron chi connectivity index (χ0n) is 11.3. The fraction of sp³-hybridized carbons (Fsp3) is 0.385. The third-order valence-corrected chi connectivity index (χ3v) is 3.70. The molecule has 1 heterocycles. The predicted octanol–water partition coefficient (Wildman–Crippen LogP) is 1.45. The molecule has 0 bridgehead atoms. The molecular weight excluding hydrogens is 272 g/mol. The van der Waals surface area contributed by atoms with E-state index in [1.165, 1.54) is 0 Å². The van der Waals surface area contributed by atoms with E-state index in [-0.39, 0.29) is 0 Å². The van der Waals surface area contributed by atoms with Gasteiger partial charge in [-0.15, -0.1) is 5.10 Å². The van der Waals surface area contributed by atoms with Crippen LogP contribution in [0.5, 0.6) is 0 Å². The van der Waals surface area contributed by atoms with Crippen LogP contribution in [0, 0.1) is 11.3 Å². The summed E-state index contributed by atoms with van der Waals surface area (Å²) in [7, 11) is 0. The first-order valence-electron chi connectivity index (χ1n) is 6.42. The van der Waals surface area contributed by atoms with E-state index in [4.69, 9.17) is 5.26 Å². The summed E-state index contributed by atoms with van der Waals surface area (Å²) in [5.74, 6) is 0.747. The second-order valence-corrected chi connectivity index (χ2v) is 5.08. The lowest BCUT2D eigenvalue weighted by atomic mass is 10.2. The summed E-state index contributed by atoms with van der Waals surface area (Å²) in [6.45, 7) is 4.60. The number of aromatic nitrogens is 4. The van der Waals surface area contributed by atoms with E-state index in [0.29, 0.717) is 5.56 Å². The van der Waals surface area contributed by atoms with Crippen LogP contribution in [0.25, 0.3) is 0 Å². The van der Waals surface area contributed by atoms with Gasteiger partial charge in [-0.05, 0) is 34.7 Å². The maximum absolute atomic E-state index is 8.88. The van der Waals surface area contributed by atoms with Gasteiger partial charge in [0.15, 0.2) is 0 Å². The zero-order valence-corrected chi connectivity index (χ0v) is 12.1. The number of likely N-dealkylation sites (N-methyl/N-ethyl adjacent to an activating group) is 1. The highest BCUT2D eigenvalue weighted by Gasteiger charge is 2.07. The lowest BCUT2D eigenvalue weighted by molar-refractivity contribution is 0.517. The number of hydrogen-bond acceptors (Lipinski definition) is 6. The van der Waals surface area contributed by atoms with Gasteiger partial charge in [-0.1, -0.05) is 30.8 Å². The number of nitrogens with one attached hydrogen (secondary N) is 1. The van der Waals surface area contributed by atoms with Gasteiger partial charge < -0.3 is 5.32 Å². The van der Waals surface area contributed by atoms with E-state index in [1.807, 2.05) is 18.2 Å². The molecular formula is C13H16N6S. The minimum atomic E-state index is 0.676. The first-order valence-corrected chi connectivity index (χ1v) is 7.40. The fourth-order valence-corrected chi connectivity index (χ4v) is 2.53. The molecule has 0 unspecified atom stereocenters. The number of rotatable bonds is 7. The van der Waals surface area contributed by atoms with Crippen LogP contribution >= 0.6 is 11.8 Å². The van der Waals surface area contributed by atoms with Crippen molar-refractivity contribution in [3.8, 4) is 6.07 Å². The van der Waals surface area contributed by atoms with Crippen molar-refractivity contribution in [3.63, 3.8) is 0 Å². The Labute approximate surface area is 122 Å². The Kier molecular flexibility index (Phi) is 5.53. The van der Waals surface area contributed by atoms with Crippen LogP contribution in [0.2, 0.25) is 0 Å². The summed E-state index contributed by atoms with van der Waals surface area (Å²) in [4.78, 5) is 0. The van der Waals surface area contributed by atoms with Crippen LogP contribution in [0.15, 0.2) is 29.4 Å². The van der Waals surface area contributed by atoms with Crippen molar-refractivity contribution >= 4 is 11.8 Å². The molecule has 1 N–H and O–H groups in total. The second-order valence-electron chi connectivity index (χ2n) is 4.14. The first kappa shape index (κ1) is 14.5. The minimum absolute atomic E-state index is 0.676. The molecule has 0 aliphatic heterocycles. The smallest absolute Gasteiger partial charge is 0.209 e. The zero-order chi connectivity index (χ0) is 14.2. The molecule has 7 heteroatoms. The fourth-order valence-electron chi connectivity index (χ4n) is 1.68. The van der Waals surface area contributed by atoms with Crippen LogP contribution in [0.1, 0.15) is 18.1 Å². The molecule has 0 spiro atoms. The molecule has 0 amide bonds. The number of thioether (sulfide) groups is 1. The highest BCUT2D eigenvalue weighted by molar-refractivity contribution is 7.98. The topological polar surface area (TPSA) is 79.4 Å². The summed E-state index contributed by atoms with van der Waals surface area (Å²) in [6.07, 6.45) is 0. The molecule has 1 aromatic carbocycles. The molecule has 0 saturated carbocycles. The summed E-state index contributed by atoms with van der Waals surface area (Å²) >= 11 is 1.57. The van der Waals surface area contributed by atoms with Crippen molar-refractivity contribution in [1.29, 1.82) is 5.26 Å². The van der Waals surface area contributed by atoms with Crippen molar-refractivity contribution in [2.45, 2.75) is 24.4 Å². The van der Waals surface area contributed by atoms with Gasteiger partial charge in [0.2, 0.25) is 5.16 Å². The van der Waals surface area contributed by atoms with E-state index in [9.17, 15) is 0 Å². The molecule has 0 atom stereocenters. The maximum atomic E-state index is 8.88. The maximum Gasteiger partial charge on any atom is 0.209 e. The monoisotopic (exact) mass is 288 g/mol. The molecule has 0 saturated heterocycles. The van der Waals surface area contributed by atoms with Crippen molar-refractivity contribution in [3.05, 3.63) is 35.4 Å². The van der Waals surface area contributed by atoms with Crippen LogP contribution in [-0.4, -0.2) is 33.3 Å². The number of hydrogen-bond donors (Lipinski definition) is 1. The Morgan fingerprint density at radius 1 is 1.45 bits per heavy atom. The van der Waals surface area contributed by atoms with Crippen LogP contribution in [-0.2, 0) is 12.3 Å². The van der Waals surface area contributed by atoms with Gasteiger partial charge in [-0.3, -0.25) is 0 Å². The molecule has 0 radical (unpaired) electrons. The summed E-state index contributed by atoms with van der Waals surface area (Å²) in [5.41, 5.74) is 1.77. The lowest BCUT2D eigenvalue weighted by Gasteiger charge is -2.05. The lowest BCUT2D eigenvalue weighted by Crippen LogP contribution is -2.20. The molecule has 0 aliphatic rings. The summed E-state index contributed by atoms with van der Waals surface area (Å²) in [5, 5.41) is 24.6. The second kappa shape index (κ2) is 7.62. The Hall–Kier alpha value is -1.91. The van der Waals surface area contributed by atoms with E-state index < -0.39 is 0 Å². The van der Waals surface area contributed by atoms with E-state index in [1.54, 1.807) is 22.5 Å². The quantitative estimate of drug-likeness (QED) is 0.613. The standard InChI is InChI=1S/C13H16N6S/c1-2-15-6-7-19-13(16-17-18-19)20-10-12-5-3-4-11(8-12)9-14/h3-5,8,15H,2,6-7,10H2,1H3. The van der Waals surface area contributed by atoms with Gasteiger partial charge in [0.05, 0.1) is 18.2 Å². The summed E-state index contributed by atoms with van der Waals surface area (Å²) < 4.78 is 1.79. The third kappa shape index (κ3) is 4.05. The highest BCUT2D eigenvalue weighted by atomic mass is 32.2. The molecule has 1 aromatic heterocycles. The average molecular weight is 288 g/mol. The number of benzene rings is 1. The number of nitriles is 1. The molecule has 104 valence electrons. The Morgan fingerprint density at radius 2 is 2.35 bits per heavy atom. The Morgan fingerprint density at radius 3 is 3.15 bits per heavy atom. The highest BCUT2D eigenvalue weighted by Crippen LogP contribution is 2.20. The normalized spacial score (nSPS) is 10.4. The Balaban J connectivity index is 1.93. The van der Waals surface area contributed by atoms with Crippen molar-refractivity contribution < 1.29 is 0 Å². The van der Waals surface area contributed by atoms with E-state index in [2.05, 4.69) is 33.8 Å². The van der Waals surface area contributed by atoms with Gasteiger partial charge in [-0.25, -0.2) is 4.68 Å².